The number of hydrogen-bond donors (Lipinski definition) is 2. The Balaban J connectivity index is 0.00000136. The van der Waals surface area contributed by atoms with Crippen LogP contribution in [0.15, 0.2) is 24.3 Å². The predicted octanol–water partition coefficient (Wildman–Crippen LogP) is 3.08. The molecule has 0 spiro atoms. The Kier molecular flexibility index (Phi) is 6.56. The van der Waals surface area contributed by atoms with Gasteiger partial charge in [0.15, 0.2) is 5.82 Å². The van der Waals surface area contributed by atoms with Gasteiger partial charge in [0.2, 0.25) is 0 Å². The van der Waals surface area contributed by atoms with E-state index in [2.05, 4.69) is 15.5 Å². The molecule has 0 saturated carbocycles. The molecule has 1 aromatic heterocycles. The lowest BCUT2D eigenvalue weighted by atomic mass is 10.1. The molecule has 0 saturated heterocycles. The fourth-order valence-corrected chi connectivity index (χ4v) is 2.91. The SMILES string of the molecule is C=O.Cc1ccccc1C(=O)Nc1n[nH]c2c1CCN(C(=O)OC(C)(C)C)C2. The summed E-state index contributed by atoms with van der Waals surface area (Å²) < 4.78 is 5.42. The van der Waals surface area contributed by atoms with Gasteiger partial charge in [-0.25, -0.2) is 4.79 Å². The smallest absolute Gasteiger partial charge is 0.410 e. The monoisotopic (exact) mass is 386 g/mol. The van der Waals surface area contributed by atoms with Gasteiger partial charge >= 0.3 is 6.09 Å². The molecule has 3 rings (SSSR count). The second-order valence-corrected chi connectivity index (χ2v) is 7.45. The molecular formula is C20H26N4O4. The summed E-state index contributed by atoms with van der Waals surface area (Å²) in [5, 5.41) is 10.0. The van der Waals surface area contributed by atoms with Crippen molar-refractivity contribution in [1.82, 2.24) is 15.1 Å². The van der Waals surface area contributed by atoms with Gasteiger partial charge in [-0.2, -0.15) is 5.10 Å². The van der Waals surface area contributed by atoms with Crippen molar-refractivity contribution >= 4 is 24.6 Å². The molecule has 150 valence electrons. The number of amides is 2. The number of aryl methyl sites for hydroxylation is 1. The van der Waals surface area contributed by atoms with Crippen molar-refractivity contribution in [2.24, 2.45) is 0 Å². The van der Waals surface area contributed by atoms with Crippen LogP contribution in [0.5, 0.6) is 0 Å². The quantitative estimate of drug-likeness (QED) is 0.825. The summed E-state index contributed by atoms with van der Waals surface area (Å²) in [7, 11) is 0. The maximum atomic E-state index is 12.5. The Bertz CT molecular complexity index is 854. The number of rotatable bonds is 2. The number of anilines is 1. The minimum atomic E-state index is -0.530. The van der Waals surface area contributed by atoms with Gasteiger partial charge in [0.25, 0.3) is 5.91 Å². The van der Waals surface area contributed by atoms with Crippen molar-refractivity contribution in [3.05, 3.63) is 46.6 Å². The summed E-state index contributed by atoms with van der Waals surface area (Å²) in [4.78, 5) is 34.4. The molecular weight excluding hydrogens is 360 g/mol. The Morgan fingerprint density at radius 2 is 1.93 bits per heavy atom. The van der Waals surface area contributed by atoms with E-state index in [0.29, 0.717) is 30.9 Å². The van der Waals surface area contributed by atoms with Crippen LogP contribution in [-0.4, -0.2) is 46.0 Å². The molecule has 28 heavy (non-hydrogen) atoms. The van der Waals surface area contributed by atoms with Gasteiger partial charge in [-0.3, -0.25) is 9.89 Å². The van der Waals surface area contributed by atoms with Gasteiger partial charge in [0.05, 0.1) is 12.2 Å². The Morgan fingerprint density at radius 3 is 2.57 bits per heavy atom. The largest absolute Gasteiger partial charge is 0.444 e. The molecule has 2 amide bonds. The van der Waals surface area contributed by atoms with Crippen LogP contribution in [-0.2, 0) is 22.5 Å². The fraction of sp³-hybridized carbons (Fsp3) is 0.400. The molecule has 0 radical (unpaired) electrons. The third-order valence-electron chi connectivity index (χ3n) is 4.21. The summed E-state index contributed by atoms with van der Waals surface area (Å²) in [6.45, 7) is 10.3. The van der Waals surface area contributed by atoms with Crippen LogP contribution in [0.3, 0.4) is 0 Å². The van der Waals surface area contributed by atoms with Crippen LogP contribution in [0, 0.1) is 6.92 Å². The summed E-state index contributed by atoms with van der Waals surface area (Å²) in [6, 6.07) is 7.41. The molecule has 0 unspecified atom stereocenters. The number of carbonyl (C=O) groups is 3. The molecule has 2 aromatic rings. The van der Waals surface area contributed by atoms with Gasteiger partial charge < -0.3 is 19.7 Å². The van der Waals surface area contributed by atoms with E-state index in [1.165, 1.54) is 0 Å². The predicted molar refractivity (Wildman–Crippen MR) is 105 cm³/mol. The summed E-state index contributed by atoms with van der Waals surface area (Å²) in [6.07, 6.45) is 0.261. The summed E-state index contributed by atoms with van der Waals surface area (Å²) in [5.41, 5.74) is 2.76. The van der Waals surface area contributed by atoms with Gasteiger partial charge in [0, 0.05) is 17.7 Å². The standard InChI is InChI=1S/C19H24N4O3.CH2O/c1-12-7-5-6-8-13(12)17(24)20-16-14-9-10-23(11-15(14)21-22-16)18(25)26-19(2,3)4;1-2/h5-8H,9-11H2,1-4H3,(H2,20,21,22,24);1H2. The highest BCUT2D eigenvalue weighted by molar-refractivity contribution is 6.05. The molecule has 0 fully saturated rings. The van der Waals surface area contributed by atoms with Crippen molar-refractivity contribution in [2.45, 2.75) is 46.3 Å². The first-order valence-electron chi connectivity index (χ1n) is 8.94. The zero-order valence-corrected chi connectivity index (χ0v) is 16.7. The summed E-state index contributed by atoms with van der Waals surface area (Å²) >= 11 is 0. The van der Waals surface area contributed by atoms with E-state index in [4.69, 9.17) is 9.53 Å². The van der Waals surface area contributed by atoms with E-state index in [1.807, 2.05) is 52.7 Å². The third kappa shape index (κ3) is 4.97. The topological polar surface area (TPSA) is 104 Å². The lowest BCUT2D eigenvalue weighted by molar-refractivity contribution is -0.0980. The van der Waals surface area contributed by atoms with Gasteiger partial charge in [-0.05, 0) is 45.7 Å². The van der Waals surface area contributed by atoms with E-state index in [-0.39, 0.29) is 12.0 Å². The first kappa shape index (κ1) is 21.1. The zero-order chi connectivity index (χ0) is 20.9. The van der Waals surface area contributed by atoms with Crippen LogP contribution in [0.1, 0.15) is 48.0 Å². The highest BCUT2D eigenvalue weighted by Gasteiger charge is 2.28. The number of aromatic amines is 1. The van der Waals surface area contributed by atoms with E-state index in [9.17, 15) is 9.59 Å². The highest BCUT2D eigenvalue weighted by Crippen LogP contribution is 2.25. The van der Waals surface area contributed by atoms with E-state index >= 15 is 0 Å². The Labute approximate surface area is 164 Å². The minimum absolute atomic E-state index is 0.188. The van der Waals surface area contributed by atoms with Crippen molar-refractivity contribution < 1.29 is 19.1 Å². The van der Waals surface area contributed by atoms with Crippen LogP contribution >= 0.6 is 0 Å². The molecule has 8 nitrogen and oxygen atoms in total. The van der Waals surface area contributed by atoms with Gasteiger partial charge in [0.1, 0.15) is 12.4 Å². The fourth-order valence-electron chi connectivity index (χ4n) is 2.91. The maximum Gasteiger partial charge on any atom is 0.410 e. The van der Waals surface area contributed by atoms with E-state index in [1.54, 1.807) is 11.0 Å². The number of carbonyl (C=O) groups excluding carboxylic acids is 3. The average Bonchev–Trinajstić information content (AvgIpc) is 3.04. The molecule has 0 bridgehead atoms. The number of H-pyrrole nitrogens is 1. The number of ether oxygens (including phenoxy) is 1. The molecule has 2 N–H and O–H groups in total. The molecule has 1 aliphatic heterocycles. The van der Waals surface area contributed by atoms with Crippen LogP contribution in [0.25, 0.3) is 0 Å². The van der Waals surface area contributed by atoms with E-state index in [0.717, 1.165) is 16.8 Å². The summed E-state index contributed by atoms with van der Waals surface area (Å²) in [5.74, 6) is 0.337. The third-order valence-corrected chi connectivity index (χ3v) is 4.21. The van der Waals surface area contributed by atoms with Crippen molar-refractivity contribution in [3.8, 4) is 0 Å². The minimum Gasteiger partial charge on any atom is -0.444 e. The first-order valence-corrected chi connectivity index (χ1v) is 8.94. The lowest BCUT2D eigenvalue weighted by Gasteiger charge is -2.29. The average molecular weight is 386 g/mol. The second-order valence-electron chi connectivity index (χ2n) is 7.45. The Hall–Kier alpha value is -3.16. The molecule has 1 aliphatic rings. The van der Waals surface area contributed by atoms with Gasteiger partial charge in [-0.1, -0.05) is 18.2 Å². The second kappa shape index (κ2) is 8.69. The van der Waals surface area contributed by atoms with Crippen molar-refractivity contribution in [3.63, 3.8) is 0 Å². The van der Waals surface area contributed by atoms with Crippen LogP contribution in [0.4, 0.5) is 10.6 Å². The molecule has 2 heterocycles. The Morgan fingerprint density at radius 1 is 1.25 bits per heavy atom. The lowest BCUT2D eigenvalue weighted by Crippen LogP contribution is -2.39. The number of nitrogens with zero attached hydrogens (tertiary/aromatic N) is 2. The van der Waals surface area contributed by atoms with Crippen molar-refractivity contribution in [1.29, 1.82) is 0 Å². The zero-order valence-electron chi connectivity index (χ0n) is 16.7. The van der Waals surface area contributed by atoms with Crippen molar-refractivity contribution in [2.75, 3.05) is 11.9 Å². The van der Waals surface area contributed by atoms with Crippen LogP contribution in [0.2, 0.25) is 0 Å². The van der Waals surface area contributed by atoms with Crippen LogP contribution < -0.4 is 5.32 Å². The first-order chi connectivity index (χ1) is 13.2. The van der Waals surface area contributed by atoms with Gasteiger partial charge in [-0.15, -0.1) is 0 Å². The number of benzene rings is 1. The number of hydrogen-bond acceptors (Lipinski definition) is 5. The van der Waals surface area contributed by atoms with E-state index < -0.39 is 5.60 Å². The molecule has 8 heteroatoms. The number of nitrogens with one attached hydrogen (secondary N) is 2. The molecule has 0 aliphatic carbocycles. The number of aromatic nitrogens is 2. The highest BCUT2D eigenvalue weighted by atomic mass is 16.6. The molecule has 0 atom stereocenters. The normalized spacial score (nSPS) is 13.1. The number of fused-ring (bicyclic) bond motifs is 1. The maximum absolute atomic E-state index is 12.5. The molecule has 1 aromatic carbocycles.